The molecule has 0 radical (unpaired) electrons. The molecular formula is C20H18F3N3. The molecule has 2 heterocycles. The molecule has 0 saturated carbocycles. The number of benzene rings is 2. The molecule has 3 aromatic rings. The van der Waals surface area contributed by atoms with Crippen molar-refractivity contribution in [3.8, 4) is 11.3 Å². The van der Waals surface area contributed by atoms with Gasteiger partial charge < -0.3 is 10.3 Å². The summed E-state index contributed by atoms with van der Waals surface area (Å²) in [4.78, 5) is 7.60. The van der Waals surface area contributed by atoms with E-state index in [-0.39, 0.29) is 5.56 Å². The van der Waals surface area contributed by atoms with Gasteiger partial charge in [0.2, 0.25) is 0 Å². The minimum atomic E-state index is -4.40. The molecule has 1 aliphatic heterocycles. The van der Waals surface area contributed by atoms with Crippen molar-refractivity contribution < 1.29 is 13.2 Å². The van der Waals surface area contributed by atoms with E-state index in [0.717, 1.165) is 41.5 Å². The van der Waals surface area contributed by atoms with Crippen molar-refractivity contribution in [2.45, 2.75) is 19.0 Å². The highest BCUT2D eigenvalue weighted by Gasteiger charge is 2.34. The van der Waals surface area contributed by atoms with E-state index >= 15 is 0 Å². The highest BCUT2D eigenvalue weighted by molar-refractivity contribution is 5.92. The van der Waals surface area contributed by atoms with E-state index in [9.17, 15) is 13.2 Å². The van der Waals surface area contributed by atoms with Crippen LogP contribution in [0.25, 0.3) is 22.2 Å². The van der Waals surface area contributed by atoms with Crippen LogP contribution in [0.1, 0.15) is 17.5 Å². The highest BCUT2D eigenvalue weighted by atomic mass is 19.4. The van der Waals surface area contributed by atoms with Gasteiger partial charge in [-0.1, -0.05) is 36.4 Å². The average molecular weight is 357 g/mol. The molecule has 6 heteroatoms. The number of aliphatic imine (C=N–C) groups is 1. The minimum absolute atomic E-state index is 0.188. The number of aromatic nitrogens is 1. The molecule has 0 spiro atoms. The Hall–Kier alpha value is -2.76. The summed E-state index contributed by atoms with van der Waals surface area (Å²) in [5, 5.41) is 4.18. The molecule has 0 aliphatic carbocycles. The molecule has 0 unspecified atom stereocenters. The van der Waals surface area contributed by atoms with Gasteiger partial charge in [-0.25, -0.2) is 0 Å². The van der Waals surface area contributed by atoms with Gasteiger partial charge in [0.15, 0.2) is 0 Å². The van der Waals surface area contributed by atoms with Crippen molar-refractivity contribution in [3.63, 3.8) is 0 Å². The quantitative estimate of drug-likeness (QED) is 0.693. The Kier molecular flexibility index (Phi) is 4.18. The average Bonchev–Trinajstić information content (AvgIpc) is 3.26. The Balaban J connectivity index is 1.83. The van der Waals surface area contributed by atoms with E-state index in [1.54, 1.807) is 6.07 Å². The maximum absolute atomic E-state index is 13.5. The number of rotatable bonds is 4. The predicted molar refractivity (Wildman–Crippen MR) is 97.4 cm³/mol. The minimum Gasteiger partial charge on any atom is -0.372 e. The van der Waals surface area contributed by atoms with Crippen LogP contribution in [0.2, 0.25) is 0 Å². The Bertz CT molecular complexity index is 970. The van der Waals surface area contributed by atoms with Crippen LogP contribution < -0.4 is 5.32 Å². The zero-order chi connectivity index (χ0) is 18.1. The first-order chi connectivity index (χ1) is 12.5. The number of alkyl halides is 3. The van der Waals surface area contributed by atoms with Crippen LogP contribution in [0.5, 0.6) is 0 Å². The van der Waals surface area contributed by atoms with E-state index in [1.807, 2.05) is 24.3 Å². The predicted octanol–water partition coefficient (Wildman–Crippen LogP) is 4.79. The largest absolute Gasteiger partial charge is 0.417 e. The van der Waals surface area contributed by atoms with Gasteiger partial charge in [0.1, 0.15) is 0 Å². The molecule has 2 N–H and O–H groups in total. The van der Waals surface area contributed by atoms with Gasteiger partial charge in [-0.2, -0.15) is 13.2 Å². The second-order valence-corrected chi connectivity index (χ2v) is 6.32. The van der Waals surface area contributed by atoms with E-state index in [4.69, 9.17) is 0 Å². The number of hydrogen-bond acceptors (Lipinski definition) is 2. The van der Waals surface area contributed by atoms with Crippen molar-refractivity contribution >= 4 is 16.7 Å². The maximum Gasteiger partial charge on any atom is 0.417 e. The molecule has 4 rings (SSSR count). The van der Waals surface area contributed by atoms with Crippen LogP contribution in [0.15, 0.2) is 53.5 Å². The lowest BCUT2D eigenvalue weighted by molar-refractivity contribution is -0.137. The van der Waals surface area contributed by atoms with Crippen LogP contribution in [0.4, 0.5) is 13.2 Å². The van der Waals surface area contributed by atoms with Crippen LogP contribution in [-0.2, 0) is 12.6 Å². The van der Waals surface area contributed by atoms with Crippen LogP contribution in [0, 0.1) is 0 Å². The molecule has 0 bridgehead atoms. The van der Waals surface area contributed by atoms with Gasteiger partial charge in [-0.05, 0) is 24.1 Å². The molecule has 0 fully saturated rings. The zero-order valence-corrected chi connectivity index (χ0v) is 14.0. The lowest BCUT2D eigenvalue weighted by Gasteiger charge is -2.13. The Morgan fingerprint density at radius 2 is 1.73 bits per heavy atom. The third-order valence-electron chi connectivity index (χ3n) is 4.67. The summed E-state index contributed by atoms with van der Waals surface area (Å²) in [5.41, 5.74) is 1.85. The van der Waals surface area contributed by atoms with E-state index in [2.05, 4.69) is 15.3 Å². The molecule has 0 saturated heterocycles. The molecule has 26 heavy (non-hydrogen) atoms. The Morgan fingerprint density at radius 1 is 0.962 bits per heavy atom. The highest BCUT2D eigenvalue weighted by Crippen LogP contribution is 2.39. The molecule has 3 nitrogen and oxygen atoms in total. The fourth-order valence-electron chi connectivity index (χ4n) is 3.50. The number of para-hydroxylation sites is 1. The summed E-state index contributed by atoms with van der Waals surface area (Å²) in [6.45, 7) is 1.58. The van der Waals surface area contributed by atoms with E-state index in [0.29, 0.717) is 18.5 Å². The molecule has 0 atom stereocenters. The summed E-state index contributed by atoms with van der Waals surface area (Å²) >= 11 is 0. The van der Waals surface area contributed by atoms with Crippen LogP contribution in [-0.4, -0.2) is 23.9 Å². The normalized spacial score (nSPS) is 14.5. The van der Waals surface area contributed by atoms with Crippen molar-refractivity contribution in [3.05, 3.63) is 59.7 Å². The van der Waals surface area contributed by atoms with Crippen LogP contribution >= 0.6 is 0 Å². The summed E-state index contributed by atoms with van der Waals surface area (Å²) in [5.74, 6) is 0.922. The van der Waals surface area contributed by atoms with Gasteiger partial charge in [0.05, 0.1) is 23.6 Å². The van der Waals surface area contributed by atoms with Gasteiger partial charge in [0, 0.05) is 29.4 Å². The third-order valence-corrected chi connectivity index (χ3v) is 4.67. The number of hydrogen-bond donors (Lipinski definition) is 2. The number of H-pyrrole nitrogens is 1. The number of amidine groups is 1. The number of aryl methyl sites for hydroxylation is 1. The number of nitrogens with zero attached hydrogens (tertiary/aromatic N) is 1. The molecule has 2 aromatic carbocycles. The molecule has 0 amide bonds. The molecule has 1 aromatic heterocycles. The number of halogens is 3. The van der Waals surface area contributed by atoms with Crippen molar-refractivity contribution in [2.75, 3.05) is 13.1 Å². The lowest BCUT2D eigenvalue weighted by atomic mass is 9.97. The van der Waals surface area contributed by atoms with Crippen molar-refractivity contribution in [2.24, 2.45) is 4.99 Å². The first-order valence-electron chi connectivity index (χ1n) is 8.57. The van der Waals surface area contributed by atoms with Gasteiger partial charge in [0.25, 0.3) is 0 Å². The van der Waals surface area contributed by atoms with Gasteiger partial charge in [-0.3, -0.25) is 4.99 Å². The Labute approximate surface area is 149 Å². The fraction of sp³-hybridized carbons (Fsp3) is 0.250. The van der Waals surface area contributed by atoms with E-state index in [1.165, 1.54) is 12.1 Å². The Morgan fingerprint density at radius 3 is 2.50 bits per heavy atom. The smallest absolute Gasteiger partial charge is 0.372 e. The molecule has 1 aliphatic rings. The standard InChI is InChI=1S/C20H18F3N3/c21-20(22,23)16-7-3-1-6-15(16)19-14(9-10-18-24-11-12-25-18)13-5-2-4-8-17(13)26-19/h1-8,26H,9-12H2,(H,24,25). The maximum atomic E-state index is 13.5. The first kappa shape index (κ1) is 16.7. The number of fused-ring (bicyclic) bond motifs is 1. The summed E-state index contributed by atoms with van der Waals surface area (Å²) in [7, 11) is 0. The summed E-state index contributed by atoms with van der Waals surface area (Å²) in [6.07, 6.45) is -3.09. The van der Waals surface area contributed by atoms with Gasteiger partial charge >= 0.3 is 6.18 Å². The van der Waals surface area contributed by atoms with Crippen molar-refractivity contribution in [1.82, 2.24) is 10.3 Å². The first-order valence-corrected chi connectivity index (χ1v) is 8.57. The monoisotopic (exact) mass is 357 g/mol. The molecule has 134 valence electrons. The molecular weight excluding hydrogens is 339 g/mol. The second kappa shape index (κ2) is 6.52. The van der Waals surface area contributed by atoms with E-state index < -0.39 is 11.7 Å². The van der Waals surface area contributed by atoms with Gasteiger partial charge in [-0.15, -0.1) is 0 Å². The zero-order valence-electron chi connectivity index (χ0n) is 14.0. The second-order valence-electron chi connectivity index (χ2n) is 6.32. The lowest BCUT2D eigenvalue weighted by Crippen LogP contribution is -2.18. The SMILES string of the molecule is FC(F)(F)c1ccccc1-c1[nH]c2ccccc2c1CCC1=NCCN1. The number of aromatic amines is 1. The van der Waals surface area contributed by atoms with Crippen LogP contribution in [0.3, 0.4) is 0 Å². The summed E-state index contributed by atoms with van der Waals surface area (Å²) in [6, 6.07) is 13.4. The topological polar surface area (TPSA) is 40.2 Å². The fourth-order valence-corrected chi connectivity index (χ4v) is 3.50. The third kappa shape index (κ3) is 3.07. The summed E-state index contributed by atoms with van der Waals surface area (Å²) < 4.78 is 40.5. The van der Waals surface area contributed by atoms with Crippen molar-refractivity contribution in [1.29, 1.82) is 0 Å². The number of nitrogens with one attached hydrogen (secondary N) is 2.